The Morgan fingerprint density at radius 2 is 1.33 bits per heavy atom. The molecule has 0 aliphatic carbocycles. The molecule has 0 amide bonds. The van der Waals surface area contributed by atoms with Crippen LogP contribution in [-0.4, -0.2) is 13.1 Å². The molecule has 0 unspecified atom stereocenters. The van der Waals surface area contributed by atoms with Crippen molar-refractivity contribution in [3.63, 3.8) is 0 Å². The van der Waals surface area contributed by atoms with Crippen molar-refractivity contribution in [2.24, 2.45) is 0 Å². The standard InChI is InChI=1S/C8H18N.2ClH.Ti/c1-3-5-7-9-8-6-4-2;;;/h3-8H2,1-2H3;2*1H;/q-1;;;+2/p-2. The van der Waals surface area contributed by atoms with Crippen molar-refractivity contribution >= 4 is 18.6 Å². The summed E-state index contributed by atoms with van der Waals surface area (Å²) in [6.07, 6.45) is 5.08. The number of nitrogens with zero attached hydrogens (tertiary/aromatic N) is 1. The van der Waals surface area contributed by atoms with Crippen molar-refractivity contribution in [1.29, 1.82) is 0 Å². The van der Waals surface area contributed by atoms with E-state index in [4.69, 9.17) is 18.6 Å². The summed E-state index contributed by atoms with van der Waals surface area (Å²) in [5.41, 5.74) is 0. The summed E-state index contributed by atoms with van der Waals surface area (Å²) in [4.78, 5) is 0. The summed E-state index contributed by atoms with van der Waals surface area (Å²) in [7, 11) is 9.78. The molecule has 0 aliphatic heterocycles. The van der Waals surface area contributed by atoms with Gasteiger partial charge in [-0.05, 0) is 0 Å². The van der Waals surface area contributed by atoms with Gasteiger partial charge in [-0.3, -0.25) is 0 Å². The Morgan fingerprint density at radius 3 is 1.58 bits per heavy atom. The van der Waals surface area contributed by atoms with Gasteiger partial charge in [0.1, 0.15) is 0 Å². The van der Waals surface area contributed by atoms with Crippen LogP contribution in [0.1, 0.15) is 39.5 Å². The zero-order chi connectivity index (χ0) is 9.66. The molecule has 0 atom stereocenters. The third-order valence-corrected chi connectivity index (χ3v) is 1.34. The van der Waals surface area contributed by atoms with Crippen LogP contribution in [0, 0.1) is 0 Å². The van der Waals surface area contributed by atoms with Crippen LogP contribution < -0.4 is 0 Å². The van der Waals surface area contributed by atoms with Gasteiger partial charge in [-0.15, -0.1) is 13.1 Å². The van der Waals surface area contributed by atoms with Gasteiger partial charge in [0.05, 0.1) is 0 Å². The Labute approximate surface area is 93.3 Å². The summed E-state index contributed by atoms with van der Waals surface area (Å²) in [5, 5.41) is 4.35. The molecular formula is C8H18Cl2NTi-. The zero-order valence-electron chi connectivity index (χ0n) is 7.95. The quantitative estimate of drug-likeness (QED) is 0.489. The molecule has 1 nitrogen and oxygen atoms in total. The second kappa shape index (κ2) is 18.1. The SMILES string of the molecule is CCCC[N-]CCCC.[Cl][Ti][Cl]. The topological polar surface area (TPSA) is 14.1 Å². The predicted octanol–water partition coefficient (Wildman–Crippen LogP) is 4.34. The number of hydrogen-bond donors (Lipinski definition) is 0. The first-order valence-electron chi connectivity index (χ1n) is 4.42. The van der Waals surface area contributed by atoms with Gasteiger partial charge >= 0.3 is 35.6 Å². The fourth-order valence-corrected chi connectivity index (χ4v) is 0.652. The van der Waals surface area contributed by atoms with Crippen LogP contribution in [0.25, 0.3) is 5.32 Å². The summed E-state index contributed by atoms with van der Waals surface area (Å²) < 4.78 is 0. The molecule has 4 heteroatoms. The summed E-state index contributed by atoms with van der Waals surface area (Å²) in [6.45, 7) is 6.57. The van der Waals surface area contributed by atoms with Gasteiger partial charge in [-0.1, -0.05) is 39.5 Å². The average molecular weight is 247 g/mol. The number of unbranched alkanes of at least 4 members (excludes halogenated alkanes) is 2. The molecule has 0 saturated carbocycles. The second-order valence-corrected chi connectivity index (χ2v) is 5.03. The van der Waals surface area contributed by atoms with Crippen molar-refractivity contribution in [3.05, 3.63) is 5.32 Å². The minimum absolute atomic E-state index is 0.556. The Kier molecular flexibility index (Phi) is 23.7. The Balaban J connectivity index is 0. The van der Waals surface area contributed by atoms with Crippen molar-refractivity contribution in [2.45, 2.75) is 39.5 Å². The summed E-state index contributed by atoms with van der Waals surface area (Å²) in [5.74, 6) is 0. The van der Waals surface area contributed by atoms with E-state index in [-0.39, 0.29) is 0 Å². The van der Waals surface area contributed by atoms with Crippen molar-refractivity contribution in [2.75, 3.05) is 13.1 Å². The number of rotatable bonds is 6. The van der Waals surface area contributed by atoms with Gasteiger partial charge < -0.3 is 5.32 Å². The van der Waals surface area contributed by atoms with Gasteiger partial charge in [0.2, 0.25) is 0 Å². The Bertz CT molecular complexity index is 59.0. The van der Waals surface area contributed by atoms with Crippen LogP contribution in [-0.2, 0) is 17.0 Å². The van der Waals surface area contributed by atoms with Crippen LogP contribution in [0.3, 0.4) is 0 Å². The minimum atomic E-state index is -0.556. The Hall–Kier alpha value is 1.25. The van der Waals surface area contributed by atoms with Gasteiger partial charge in [-0.2, -0.15) is 0 Å². The van der Waals surface area contributed by atoms with Gasteiger partial charge in [0, 0.05) is 0 Å². The van der Waals surface area contributed by atoms with Gasteiger partial charge in [0.25, 0.3) is 0 Å². The third-order valence-electron chi connectivity index (χ3n) is 1.34. The number of hydrogen-bond acceptors (Lipinski definition) is 0. The van der Waals surface area contributed by atoms with Crippen LogP contribution in [0.4, 0.5) is 0 Å². The van der Waals surface area contributed by atoms with Crippen LogP contribution in [0.5, 0.6) is 0 Å². The predicted molar refractivity (Wildman–Crippen MR) is 54.6 cm³/mol. The van der Waals surface area contributed by atoms with Crippen molar-refractivity contribution < 1.29 is 17.0 Å². The second-order valence-electron chi connectivity index (χ2n) is 2.45. The molecule has 0 N–H and O–H groups in total. The first-order chi connectivity index (χ1) is 5.83. The fourth-order valence-electron chi connectivity index (χ4n) is 0.652. The third kappa shape index (κ3) is 22.5. The van der Waals surface area contributed by atoms with Crippen LogP contribution >= 0.6 is 18.6 Å². The van der Waals surface area contributed by atoms with Crippen molar-refractivity contribution in [1.82, 2.24) is 0 Å². The first-order valence-corrected chi connectivity index (χ1v) is 8.72. The molecule has 0 aromatic rings. The van der Waals surface area contributed by atoms with E-state index in [0.29, 0.717) is 0 Å². The van der Waals surface area contributed by atoms with Gasteiger partial charge in [0.15, 0.2) is 0 Å². The number of halogens is 2. The Morgan fingerprint density at radius 1 is 1.00 bits per heavy atom. The van der Waals surface area contributed by atoms with E-state index in [2.05, 4.69) is 19.2 Å². The molecule has 0 heterocycles. The maximum absolute atomic E-state index is 4.89. The molecule has 0 rings (SSSR count). The van der Waals surface area contributed by atoms with Crippen molar-refractivity contribution in [3.8, 4) is 0 Å². The summed E-state index contributed by atoms with van der Waals surface area (Å²) in [6, 6.07) is 0. The molecule has 12 heavy (non-hydrogen) atoms. The summed E-state index contributed by atoms with van der Waals surface area (Å²) >= 11 is -0.556. The molecule has 0 spiro atoms. The van der Waals surface area contributed by atoms with E-state index in [1.807, 2.05) is 0 Å². The monoisotopic (exact) mass is 246 g/mol. The molecule has 0 bridgehead atoms. The maximum atomic E-state index is 4.89. The van der Waals surface area contributed by atoms with E-state index in [1.54, 1.807) is 0 Å². The molecule has 0 aromatic heterocycles. The molecule has 74 valence electrons. The molecular weight excluding hydrogens is 229 g/mol. The van der Waals surface area contributed by atoms with Crippen LogP contribution in [0.15, 0.2) is 0 Å². The van der Waals surface area contributed by atoms with E-state index in [0.717, 1.165) is 13.1 Å². The molecule has 0 fully saturated rings. The zero-order valence-corrected chi connectivity index (χ0v) is 11.0. The molecule has 0 aromatic carbocycles. The van der Waals surface area contributed by atoms with Crippen LogP contribution in [0.2, 0.25) is 0 Å². The van der Waals surface area contributed by atoms with E-state index >= 15 is 0 Å². The first kappa shape index (κ1) is 15.7. The van der Waals surface area contributed by atoms with E-state index < -0.39 is 17.0 Å². The molecule has 0 saturated heterocycles. The fraction of sp³-hybridized carbons (Fsp3) is 1.00. The average Bonchev–Trinajstić information content (AvgIpc) is 2.06. The molecule has 0 radical (unpaired) electrons. The van der Waals surface area contributed by atoms with E-state index in [1.165, 1.54) is 25.7 Å². The molecule has 0 aliphatic rings. The van der Waals surface area contributed by atoms with E-state index in [9.17, 15) is 0 Å². The normalized spacial score (nSPS) is 8.67. The van der Waals surface area contributed by atoms with Gasteiger partial charge in [-0.25, -0.2) is 0 Å².